The number of rotatable bonds is 5. The molecule has 1 aromatic heterocycles. The number of hydrogen-bond acceptors (Lipinski definition) is 3. The maximum Gasteiger partial charge on any atom is 0.146 e. The fourth-order valence-electron chi connectivity index (χ4n) is 2.39. The van der Waals surface area contributed by atoms with Crippen molar-refractivity contribution in [1.29, 1.82) is 0 Å². The zero-order valence-electron chi connectivity index (χ0n) is 13.7. The normalized spacial score (nSPS) is 11.9. The molecule has 1 aromatic carbocycles. The number of aromatic nitrogens is 3. The van der Waals surface area contributed by atoms with Crippen LogP contribution < -0.4 is 5.32 Å². The molecule has 0 unspecified atom stereocenters. The molecule has 4 heteroatoms. The van der Waals surface area contributed by atoms with Crippen molar-refractivity contribution in [2.45, 2.75) is 53.1 Å². The Morgan fingerprint density at radius 3 is 2.57 bits per heavy atom. The molecule has 1 heterocycles. The van der Waals surface area contributed by atoms with E-state index in [0.717, 1.165) is 12.4 Å². The standard InChI is InChI=1S/C17H26N4/c1-13(2)11-21-16(19-12-20-21)10-18-15-9-7-6-8-14(15)17(3,4)5/h6-9,12-13,18H,10-11H2,1-5H3. The lowest BCUT2D eigenvalue weighted by Crippen LogP contribution is -2.17. The van der Waals surface area contributed by atoms with Crippen molar-refractivity contribution in [2.75, 3.05) is 5.32 Å². The van der Waals surface area contributed by atoms with Crippen LogP contribution >= 0.6 is 0 Å². The van der Waals surface area contributed by atoms with Gasteiger partial charge in [-0.1, -0.05) is 52.8 Å². The van der Waals surface area contributed by atoms with E-state index < -0.39 is 0 Å². The monoisotopic (exact) mass is 286 g/mol. The lowest BCUT2D eigenvalue weighted by atomic mass is 9.86. The van der Waals surface area contributed by atoms with Crippen LogP contribution in [0.1, 0.15) is 46.0 Å². The lowest BCUT2D eigenvalue weighted by molar-refractivity contribution is 0.468. The Kier molecular flexibility index (Phi) is 4.66. The summed E-state index contributed by atoms with van der Waals surface area (Å²) >= 11 is 0. The van der Waals surface area contributed by atoms with E-state index >= 15 is 0 Å². The molecule has 0 radical (unpaired) electrons. The average molecular weight is 286 g/mol. The molecule has 0 aliphatic heterocycles. The summed E-state index contributed by atoms with van der Waals surface area (Å²) in [5, 5.41) is 7.82. The number of anilines is 1. The van der Waals surface area contributed by atoms with E-state index in [-0.39, 0.29) is 5.41 Å². The lowest BCUT2D eigenvalue weighted by Gasteiger charge is -2.23. The van der Waals surface area contributed by atoms with Crippen LogP contribution in [0.4, 0.5) is 5.69 Å². The van der Waals surface area contributed by atoms with E-state index in [4.69, 9.17) is 0 Å². The topological polar surface area (TPSA) is 42.7 Å². The van der Waals surface area contributed by atoms with Crippen LogP contribution in [0.3, 0.4) is 0 Å². The highest BCUT2D eigenvalue weighted by Crippen LogP contribution is 2.29. The Morgan fingerprint density at radius 2 is 1.90 bits per heavy atom. The summed E-state index contributed by atoms with van der Waals surface area (Å²) in [6.45, 7) is 12.7. The van der Waals surface area contributed by atoms with Gasteiger partial charge in [0, 0.05) is 12.2 Å². The van der Waals surface area contributed by atoms with Gasteiger partial charge in [0.25, 0.3) is 0 Å². The van der Waals surface area contributed by atoms with Crippen LogP contribution in [0.15, 0.2) is 30.6 Å². The second-order valence-electron chi connectivity index (χ2n) is 6.90. The molecule has 2 aromatic rings. The van der Waals surface area contributed by atoms with Gasteiger partial charge in [-0.2, -0.15) is 5.10 Å². The van der Waals surface area contributed by atoms with Crippen molar-refractivity contribution >= 4 is 5.69 Å². The maximum atomic E-state index is 4.37. The van der Waals surface area contributed by atoms with Gasteiger partial charge in [0.15, 0.2) is 0 Å². The molecule has 0 saturated carbocycles. The quantitative estimate of drug-likeness (QED) is 0.908. The Morgan fingerprint density at radius 1 is 1.19 bits per heavy atom. The first-order valence-electron chi connectivity index (χ1n) is 7.58. The first-order chi connectivity index (χ1) is 9.88. The van der Waals surface area contributed by atoms with E-state index in [9.17, 15) is 0 Å². The number of nitrogens with one attached hydrogen (secondary N) is 1. The smallest absolute Gasteiger partial charge is 0.146 e. The summed E-state index contributed by atoms with van der Waals surface area (Å²) in [5.41, 5.74) is 2.61. The van der Waals surface area contributed by atoms with Gasteiger partial charge >= 0.3 is 0 Å². The largest absolute Gasteiger partial charge is 0.378 e. The summed E-state index contributed by atoms with van der Waals surface area (Å²) in [4.78, 5) is 4.37. The third-order valence-corrected chi connectivity index (χ3v) is 3.41. The van der Waals surface area contributed by atoms with Crippen molar-refractivity contribution in [3.8, 4) is 0 Å². The molecule has 114 valence electrons. The van der Waals surface area contributed by atoms with E-state index in [1.54, 1.807) is 6.33 Å². The predicted octanol–water partition coefficient (Wildman–Crippen LogP) is 3.84. The Hall–Kier alpha value is -1.84. The second-order valence-corrected chi connectivity index (χ2v) is 6.90. The van der Waals surface area contributed by atoms with Gasteiger partial charge < -0.3 is 5.32 Å². The zero-order valence-corrected chi connectivity index (χ0v) is 13.7. The van der Waals surface area contributed by atoms with Crippen LogP contribution in [-0.2, 0) is 18.5 Å². The first kappa shape index (κ1) is 15.5. The molecule has 0 spiro atoms. The molecule has 0 bridgehead atoms. The predicted molar refractivity (Wildman–Crippen MR) is 87.3 cm³/mol. The third kappa shape index (κ3) is 4.06. The maximum absolute atomic E-state index is 4.37. The van der Waals surface area contributed by atoms with Gasteiger partial charge in [-0.25, -0.2) is 9.67 Å². The Labute approximate surface area is 127 Å². The van der Waals surface area contributed by atoms with Crippen LogP contribution in [-0.4, -0.2) is 14.8 Å². The van der Waals surface area contributed by atoms with E-state index in [0.29, 0.717) is 12.5 Å². The SMILES string of the molecule is CC(C)Cn1ncnc1CNc1ccccc1C(C)(C)C. The Bertz CT molecular complexity index is 578. The van der Waals surface area contributed by atoms with Crippen LogP contribution in [0.5, 0.6) is 0 Å². The molecule has 0 aliphatic carbocycles. The molecule has 0 fully saturated rings. The van der Waals surface area contributed by atoms with Gasteiger partial charge in [-0.05, 0) is 23.0 Å². The fourth-order valence-corrected chi connectivity index (χ4v) is 2.39. The molecule has 0 saturated heterocycles. The first-order valence-corrected chi connectivity index (χ1v) is 7.58. The van der Waals surface area contributed by atoms with Crippen molar-refractivity contribution in [1.82, 2.24) is 14.8 Å². The molecule has 0 aliphatic rings. The highest BCUT2D eigenvalue weighted by molar-refractivity contribution is 5.54. The summed E-state index contributed by atoms with van der Waals surface area (Å²) in [6.07, 6.45) is 1.63. The number of hydrogen-bond donors (Lipinski definition) is 1. The molecule has 2 rings (SSSR count). The summed E-state index contributed by atoms with van der Waals surface area (Å²) in [5.74, 6) is 1.54. The van der Waals surface area contributed by atoms with Gasteiger partial charge in [0.2, 0.25) is 0 Å². The van der Waals surface area contributed by atoms with Crippen molar-refractivity contribution in [3.05, 3.63) is 42.0 Å². The molecular weight excluding hydrogens is 260 g/mol. The molecule has 0 amide bonds. The van der Waals surface area contributed by atoms with Crippen molar-refractivity contribution < 1.29 is 0 Å². The molecular formula is C17H26N4. The van der Waals surface area contributed by atoms with Crippen LogP contribution in [0.25, 0.3) is 0 Å². The number of nitrogens with zero attached hydrogens (tertiary/aromatic N) is 3. The molecule has 0 atom stereocenters. The van der Waals surface area contributed by atoms with Crippen molar-refractivity contribution in [3.63, 3.8) is 0 Å². The number of para-hydroxylation sites is 1. The molecule has 21 heavy (non-hydrogen) atoms. The van der Waals surface area contributed by atoms with Crippen molar-refractivity contribution in [2.24, 2.45) is 5.92 Å². The summed E-state index contributed by atoms with van der Waals surface area (Å²) in [7, 11) is 0. The van der Waals surface area contributed by atoms with E-state index in [1.165, 1.54) is 11.3 Å². The highest BCUT2D eigenvalue weighted by atomic mass is 15.3. The van der Waals surface area contributed by atoms with E-state index in [2.05, 4.69) is 74.3 Å². The summed E-state index contributed by atoms with van der Waals surface area (Å²) < 4.78 is 1.98. The second kappa shape index (κ2) is 6.29. The fraction of sp³-hybridized carbons (Fsp3) is 0.529. The minimum absolute atomic E-state index is 0.120. The number of benzene rings is 1. The van der Waals surface area contributed by atoms with Gasteiger partial charge in [0.1, 0.15) is 12.2 Å². The van der Waals surface area contributed by atoms with Crippen LogP contribution in [0.2, 0.25) is 0 Å². The third-order valence-electron chi connectivity index (χ3n) is 3.41. The van der Waals surface area contributed by atoms with E-state index in [1.807, 2.05) is 4.68 Å². The minimum Gasteiger partial charge on any atom is -0.378 e. The minimum atomic E-state index is 0.120. The molecule has 1 N–H and O–H groups in total. The zero-order chi connectivity index (χ0) is 15.5. The molecule has 4 nitrogen and oxygen atoms in total. The summed E-state index contributed by atoms with van der Waals surface area (Å²) in [6, 6.07) is 8.47. The van der Waals surface area contributed by atoms with Gasteiger partial charge in [0.05, 0.1) is 6.54 Å². The Balaban J connectivity index is 2.13. The highest BCUT2D eigenvalue weighted by Gasteiger charge is 2.17. The van der Waals surface area contributed by atoms with Gasteiger partial charge in [-0.15, -0.1) is 0 Å². The van der Waals surface area contributed by atoms with Crippen LogP contribution in [0, 0.1) is 5.92 Å². The van der Waals surface area contributed by atoms with Gasteiger partial charge in [-0.3, -0.25) is 0 Å². The average Bonchev–Trinajstić information content (AvgIpc) is 2.82.